The molecule has 0 unspecified atom stereocenters. The Morgan fingerprint density at radius 3 is 2.28 bits per heavy atom. The topological polar surface area (TPSA) is 58.2 Å². The largest absolute Gasteiger partial charge is 0.405 e. The van der Waals surface area contributed by atoms with Gasteiger partial charge in [-0.05, 0) is 36.6 Å². The Morgan fingerprint density at radius 1 is 1.04 bits per heavy atom. The number of benzene rings is 1. The number of anilines is 1. The van der Waals surface area contributed by atoms with Crippen molar-refractivity contribution in [1.29, 1.82) is 0 Å². The highest BCUT2D eigenvalue weighted by atomic mass is 19.4. The molecule has 2 N–H and O–H groups in total. The summed E-state index contributed by atoms with van der Waals surface area (Å²) in [6, 6.07) is 5.81. The van der Waals surface area contributed by atoms with Gasteiger partial charge in [0.25, 0.3) is 5.91 Å². The Kier molecular flexibility index (Phi) is 6.84. The van der Waals surface area contributed by atoms with E-state index in [1.807, 2.05) is 0 Å². The summed E-state index contributed by atoms with van der Waals surface area (Å²) in [4.78, 5) is 23.6. The van der Waals surface area contributed by atoms with Crippen molar-refractivity contribution in [2.75, 3.05) is 11.9 Å². The first-order chi connectivity index (χ1) is 11.8. The summed E-state index contributed by atoms with van der Waals surface area (Å²) in [6.45, 7) is -1.37. The number of alkyl halides is 3. The van der Waals surface area contributed by atoms with Gasteiger partial charge in [0, 0.05) is 17.7 Å². The van der Waals surface area contributed by atoms with Gasteiger partial charge in [-0.1, -0.05) is 32.1 Å². The molecule has 2 amide bonds. The number of hydrogen-bond acceptors (Lipinski definition) is 2. The molecule has 2 rings (SSSR count). The maximum atomic E-state index is 12.1. The van der Waals surface area contributed by atoms with Crippen molar-refractivity contribution < 1.29 is 22.8 Å². The van der Waals surface area contributed by atoms with Gasteiger partial charge in [0.15, 0.2) is 0 Å². The smallest absolute Gasteiger partial charge is 0.343 e. The van der Waals surface area contributed by atoms with Crippen LogP contribution in [0.4, 0.5) is 18.9 Å². The fourth-order valence-electron chi connectivity index (χ4n) is 3.02. The van der Waals surface area contributed by atoms with Gasteiger partial charge in [-0.15, -0.1) is 0 Å². The Bertz CT molecular complexity index is 579. The highest BCUT2D eigenvalue weighted by Crippen LogP contribution is 2.27. The third-order valence-electron chi connectivity index (χ3n) is 4.38. The highest BCUT2D eigenvalue weighted by molar-refractivity contribution is 5.95. The van der Waals surface area contributed by atoms with Gasteiger partial charge < -0.3 is 10.6 Å². The molecule has 1 saturated carbocycles. The average Bonchev–Trinajstić information content (AvgIpc) is 2.59. The lowest BCUT2D eigenvalue weighted by Crippen LogP contribution is -2.33. The summed E-state index contributed by atoms with van der Waals surface area (Å²) in [6.07, 6.45) is 3.04. The zero-order valence-electron chi connectivity index (χ0n) is 14.0. The van der Waals surface area contributed by atoms with Crippen LogP contribution in [-0.2, 0) is 4.79 Å². The van der Waals surface area contributed by atoms with Gasteiger partial charge in [0.1, 0.15) is 6.54 Å². The summed E-state index contributed by atoms with van der Waals surface area (Å²) < 4.78 is 36.3. The lowest BCUT2D eigenvalue weighted by molar-refractivity contribution is -0.123. The molecule has 1 aromatic rings. The molecule has 0 aromatic heterocycles. The molecule has 1 aromatic carbocycles. The van der Waals surface area contributed by atoms with Crippen LogP contribution >= 0.6 is 0 Å². The average molecular weight is 356 g/mol. The van der Waals surface area contributed by atoms with Crippen molar-refractivity contribution in [3.8, 4) is 0 Å². The van der Waals surface area contributed by atoms with Gasteiger partial charge in [-0.25, -0.2) is 0 Å². The van der Waals surface area contributed by atoms with Crippen LogP contribution in [0.1, 0.15) is 55.3 Å². The Labute approximate surface area is 145 Å². The van der Waals surface area contributed by atoms with E-state index in [0.717, 1.165) is 6.42 Å². The third kappa shape index (κ3) is 7.15. The molecule has 4 nitrogen and oxygen atoms in total. The molecule has 7 heteroatoms. The number of carbonyl (C=O) groups excluding carboxylic acids is 2. The van der Waals surface area contributed by atoms with Gasteiger partial charge in [-0.3, -0.25) is 9.59 Å². The maximum Gasteiger partial charge on any atom is 0.405 e. The number of amides is 2. The number of nitrogens with one attached hydrogen (secondary N) is 2. The van der Waals surface area contributed by atoms with Crippen LogP contribution in [0, 0.1) is 5.92 Å². The van der Waals surface area contributed by atoms with Gasteiger partial charge in [-0.2, -0.15) is 13.2 Å². The van der Waals surface area contributed by atoms with Crippen molar-refractivity contribution >= 4 is 17.5 Å². The van der Waals surface area contributed by atoms with Crippen molar-refractivity contribution in [2.45, 2.75) is 51.1 Å². The highest BCUT2D eigenvalue weighted by Gasteiger charge is 2.27. The third-order valence-corrected chi connectivity index (χ3v) is 4.38. The second-order valence-electron chi connectivity index (χ2n) is 6.47. The monoisotopic (exact) mass is 356 g/mol. The predicted octanol–water partition coefficient (Wildman–Crippen LogP) is 4.28. The standard InChI is InChI=1S/C18H23F3N2O2/c19-18(20,21)12-22-17(25)14-7-9-15(10-8-14)23-16(24)11-6-13-4-2-1-3-5-13/h7-10,13H,1-6,11-12H2,(H,22,25)(H,23,24). The normalized spacial score (nSPS) is 15.6. The van der Waals surface area contributed by atoms with E-state index < -0.39 is 18.6 Å². The molecule has 138 valence electrons. The van der Waals surface area contributed by atoms with Crippen LogP contribution in [0.5, 0.6) is 0 Å². The van der Waals surface area contributed by atoms with Crippen LogP contribution in [-0.4, -0.2) is 24.5 Å². The van der Waals surface area contributed by atoms with Gasteiger partial charge in [0.2, 0.25) is 5.91 Å². The van der Waals surface area contributed by atoms with Crippen LogP contribution < -0.4 is 10.6 Å². The van der Waals surface area contributed by atoms with Crippen molar-refractivity contribution in [1.82, 2.24) is 5.32 Å². The Balaban J connectivity index is 1.77. The molecule has 0 radical (unpaired) electrons. The molecule has 1 aliphatic rings. The molecule has 0 atom stereocenters. The minimum atomic E-state index is -4.44. The lowest BCUT2D eigenvalue weighted by Gasteiger charge is -2.21. The van der Waals surface area contributed by atoms with E-state index in [2.05, 4.69) is 5.32 Å². The summed E-state index contributed by atoms with van der Waals surface area (Å²) >= 11 is 0. The minimum Gasteiger partial charge on any atom is -0.343 e. The van der Waals surface area contributed by atoms with Gasteiger partial charge >= 0.3 is 6.18 Å². The van der Waals surface area contributed by atoms with Crippen LogP contribution in [0.15, 0.2) is 24.3 Å². The SMILES string of the molecule is O=C(CCC1CCCCC1)Nc1ccc(C(=O)NCC(F)(F)F)cc1. The Morgan fingerprint density at radius 2 is 1.68 bits per heavy atom. The van der Waals surface area contributed by atoms with Gasteiger partial charge in [0.05, 0.1) is 0 Å². The van der Waals surface area contributed by atoms with E-state index in [0.29, 0.717) is 18.0 Å². The zero-order valence-corrected chi connectivity index (χ0v) is 14.0. The fraction of sp³-hybridized carbons (Fsp3) is 0.556. The van der Waals surface area contributed by atoms with E-state index in [1.165, 1.54) is 56.4 Å². The van der Waals surface area contributed by atoms with Crippen LogP contribution in [0.3, 0.4) is 0 Å². The number of carbonyl (C=O) groups is 2. The summed E-state index contributed by atoms with van der Waals surface area (Å²) in [5, 5.41) is 4.56. The van der Waals surface area contributed by atoms with Crippen molar-refractivity contribution in [3.05, 3.63) is 29.8 Å². The fourth-order valence-corrected chi connectivity index (χ4v) is 3.02. The number of rotatable bonds is 6. The lowest BCUT2D eigenvalue weighted by atomic mass is 9.86. The maximum absolute atomic E-state index is 12.1. The van der Waals surface area contributed by atoms with E-state index in [1.54, 1.807) is 5.32 Å². The second kappa shape index (κ2) is 8.87. The minimum absolute atomic E-state index is 0.0835. The molecule has 0 bridgehead atoms. The first kappa shape index (κ1) is 19.3. The summed E-state index contributed by atoms with van der Waals surface area (Å²) in [5.74, 6) is -0.258. The molecule has 1 aliphatic carbocycles. The van der Waals surface area contributed by atoms with Crippen molar-refractivity contribution in [2.24, 2.45) is 5.92 Å². The molecule has 0 spiro atoms. The first-order valence-electron chi connectivity index (χ1n) is 8.58. The van der Waals surface area contributed by atoms with Crippen LogP contribution in [0.25, 0.3) is 0 Å². The summed E-state index contributed by atoms with van der Waals surface area (Å²) in [5.41, 5.74) is 0.644. The molecule has 0 saturated heterocycles. The molecule has 0 aliphatic heterocycles. The molecule has 1 fully saturated rings. The summed E-state index contributed by atoms with van der Waals surface area (Å²) in [7, 11) is 0. The van der Waals surface area contributed by atoms with Crippen LogP contribution in [0.2, 0.25) is 0 Å². The van der Waals surface area contributed by atoms with Crippen molar-refractivity contribution in [3.63, 3.8) is 0 Å². The molecular weight excluding hydrogens is 333 g/mol. The number of hydrogen-bond donors (Lipinski definition) is 2. The van der Waals surface area contributed by atoms with E-state index >= 15 is 0 Å². The molecule has 0 heterocycles. The second-order valence-corrected chi connectivity index (χ2v) is 6.47. The Hall–Kier alpha value is -2.05. The predicted molar refractivity (Wildman–Crippen MR) is 89.3 cm³/mol. The zero-order chi connectivity index (χ0) is 18.3. The van der Waals surface area contributed by atoms with E-state index in [4.69, 9.17) is 0 Å². The molecular formula is C18H23F3N2O2. The quantitative estimate of drug-likeness (QED) is 0.799. The first-order valence-corrected chi connectivity index (χ1v) is 8.58. The van der Waals surface area contributed by atoms with E-state index in [9.17, 15) is 22.8 Å². The molecule has 25 heavy (non-hydrogen) atoms. The number of halogens is 3. The van der Waals surface area contributed by atoms with E-state index in [-0.39, 0.29) is 11.5 Å².